The molecule has 0 bridgehead atoms. The highest BCUT2D eigenvalue weighted by molar-refractivity contribution is 5.17. The van der Waals surface area contributed by atoms with Crippen LogP contribution >= 0.6 is 0 Å². The van der Waals surface area contributed by atoms with Crippen LogP contribution in [-0.2, 0) is 11.2 Å². The van der Waals surface area contributed by atoms with E-state index >= 15 is 0 Å². The van der Waals surface area contributed by atoms with Gasteiger partial charge in [-0.15, -0.1) is 0 Å². The molecule has 0 unspecified atom stereocenters. The number of anilines is 1. The molecule has 0 fully saturated rings. The third-order valence-electron chi connectivity index (χ3n) is 1.97. The maximum Gasteiger partial charge on any atom is 0.411 e. The number of ether oxygens (including phenoxy) is 1. The van der Waals surface area contributed by atoms with Gasteiger partial charge in [-0.25, -0.2) is 4.98 Å². The summed E-state index contributed by atoms with van der Waals surface area (Å²) >= 11 is 0. The lowest BCUT2D eigenvalue weighted by atomic mass is 10.2. The Labute approximate surface area is 103 Å². The van der Waals surface area contributed by atoms with Crippen LogP contribution in [0, 0.1) is 0 Å². The Morgan fingerprint density at radius 1 is 1.22 bits per heavy atom. The number of halogens is 3. The first-order chi connectivity index (χ1) is 8.28. The molecule has 0 aliphatic carbocycles. The van der Waals surface area contributed by atoms with Crippen LogP contribution in [0.1, 0.15) is 31.4 Å². The fourth-order valence-electron chi connectivity index (χ4n) is 1.18. The Morgan fingerprint density at radius 2 is 1.89 bits per heavy atom. The maximum atomic E-state index is 11.8. The van der Waals surface area contributed by atoms with Gasteiger partial charge in [0.2, 0.25) is 5.95 Å². The number of nitrogen functional groups attached to an aromatic ring is 1. The van der Waals surface area contributed by atoms with Gasteiger partial charge in [0.05, 0.1) is 6.61 Å². The summed E-state index contributed by atoms with van der Waals surface area (Å²) in [5.74, 6) is 1.01. The minimum atomic E-state index is -4.32. The van der Waals surface area contributed by atoms with Crippen LogP contribution in [0.3, 0.4) is 0 Å². The van der Waals surface area contributed by atoms with Crippen molar-refractivity contribution in [1.82, 2.24) is 15.0 Å². The molecule has 0 aliphatic heterocycles. The van der Waals surface area contributed by atoms with Crippen molar-refractivity contribution >= 4 is 5.95 Å². The van der Waals surface area contributed by atoms with Crippen LogP contribution in [-0.4, -0.2) is 34.3 Å². The molecule has 0 atom stereocenters. The molecule has 0 amide bonds. The predicted octanol–water partition coefficient (Wildman–Crippen LogP) is 1.70. The van der Waals surface area contributed by atoms with Gasteiger partial charge < -0.3 is 10.5 Å². The Kier molecular flexibility index (Phi) is 4.83. The summed E-state index contributed by atoms with van der Waals surface area (Å²) in [6.45, 7) is 2.39. The van der Waals surface area contributed by atoms with Crippen molar-refractivity contribution in [2.24, 2.45) is 0 Å². The Hall–Kier alpha value is -1.44. The summed E-state index contributed by atoms with van der Waals surface area (Å²) < 4.78 is 40.0. The molecule has 0 saturated carbocycles. The molecule has 102 valence electrons. The zero-order chi connectivity index (χ0) is 13.8. The summed E-state index contributed by atoms with van der Waals surface area (Å²) in [6, 6.07) is 0. The lowest BCUT2D eigenvalue weighted by Gasteiger charge is -2.08. The van der Waals surface area contributed by atoms with E-state index in [9.17, 15) is 13.2 Å². The van der Waals surface area contributed by atoms with E-state index in [2.05, 4.69) is 19.7 Å². The third-order valence-corrected chi connectivity index (χ3v) is 1.97. The van der Waals surface area contributed by atoms with E-state index in [0.29, 0.717) is 11.6 Å². The van der Waals surface area contributed by atoms with E-state index in [4.69, 9.17) is 5.73 Å². The highest BCUT2D eigenvalue weighted by Gasteiger charge is 2.27. The van der Waals surface area contributed by atoms with E-state index in [-0.39, 0.29) is 24.9 Å². The van der Waals surface area contributed by atoms with Crippen LogP contribution in [0.15, 0.2) is 0 Å². The molecule has 0 saturated heterocycles. The number of hydrogen-bond donors (Lipinski definition) is 1. The Bertz CT molecular complexity index is 395. The molecule has 2 N–H and O–H groups in total. The minimum Gasteiger partial charge on any atom is -0.372 e. The predicted molar refractivity (Wildman–Crippen MR) is 58.9 cm³/mol. The average Bonchev–Trinajstić information content (AvgIpc) is 2.22. The van der Waals surface area contributed by atoms with Crippen LogP contribution in [0.25, 0.3) is 0 Å². The monoisotopic (exact) mass is 264 g/mol. The molecular weight excluding hydrogens is 249 g/mol. The summed E-state index contributed by atoms with van der Waals surface area (Å²) in [6.07, 6.45) is -4.15. The van der Waals surface area contributed by atoms with Crippen molar-refractivity contribution in [3.05, 3.63) is 11.6 Å². The van der Waals surface area contributed by atoms with E-state index in [1.54, 1.807) is 0 Å². The van der Waals surface area contributed by atoms with E-state index < -0.39 is 12.8 Å². The summed E-state index contributed by atoms with van der Waals surface area (Å²) in [7, 11) is 0. The number of alkyl halides is 3. The number of rotatable bonds is 5. The third kappa shape index (κ3) is 5.26. The lowest BCUT2D eigenvalue weighted by Crippen LogP contribution is -2.18. The second-order valence-corrected chi connectivity index (χ2v) is 4.04. The van der Waals surface area contributed by atoms with E-state index in [1.807, 2.05) is 13.8 Å². The molecule has 0 aromatic carbocycles. The number of nitrogens with zero attached hydrogens (tertiary/aromatic N) is 3. The summed E-state index contributed by atoms with van der Waals surface area (Å²) in [5.41, 5.74) is 5.49. The molecule has 1 aromatic rings. The molecule has 18 heavy (non-hydrogen) atoms. The van der Waals surface area contributed by atoms with Crippen molar-refractivity contribution < 1.29 is 17.9 Å². The lowest BCUT2D eigenvalue weighted by molar-refractivity contribution is -0.173. The first-order valence-corrected chi connectivity index (χ1v) is 5.43. The molecule has 1 heterocycles. The van der Waals surface area contributed by atoms with Gasteiger partial charge in [0.25, 0.3) is 0 Å². The molecule has 5 nitrogen and oxygen atoms in total. The normalized spacial score (nSPS) is 12.1. The smallest absolute Gasteiger partial charge is 0.372 e. The van der Waals surface area contributed by atoms with Crippen LogP contribution < -0.4 is 5.73 Å². The van der Waals surface area contributed by atoms with Gasteiger partial charge in [0, 0.05) is 12.3 Å². The molecule has 0 spiro atoms. The van der Waals surface area contributed by atoms with Gasteiger partial charge in [-0.2, -0.15) is 23.1 Å². The quantitative estimate of drug-likeness (QED) is 0.819. The number of aromatic nitrogens is 3. The first-order valence-electron chi connectivity index (χ1n) is 5.43. The van der Waals surface area contributed by atoms with Gasteiger partial charge in [0.1, 0.15) is 18.3 Å². The minimum absolute atomic E-state index is 0.0690. The van der Waals surface area contributed by atoms with Crippen LogP contribution in [0.4, 0.5) is 19.1 Å². The number of nitrogens with two attached hydrogens (primary N) is 1. The Balaban J connectivity index is 2.52. The second-order valence-electron chi connectivity index (χ2n) is 4.04. The van der Waals surface area contributed by atoms with Gasteiger partial charge in [0.15, 0.2) is 0 Å². The van der Waals surface area contributed by atoms with Crippen LogP contribution in [0.2, 0.25) is 0 Å². The van der Waals surface area contributed by atoms with Crippen molar-refractivity contribution in [1.29, 1.82) is 0 Å². The molecule has 8 heteroatoms. The fourth-order valence-corrected chi connectivity index (χ4v) is 1.18. The van der Waals surface area contributed by atoms with Gasteiger partial charge in [-0.1, -0.05) is 13.8 Å². The summed E-state index contributed by atoms with van der Waals surface area (Å²) in [5, 5.41) is 0. The van der Waals surface area contributed by atoms with E-state index in [1.165, 1.54) is 0 Å². The van der Waals surface area contributed by atoms with Crippen molar-refractivity contribution in [3.63, 3.8) is 0 Å². The van der Waals surface area contributed by atoms with Gasteiger partial charge in [-0.3, -0.25) is 0 Å². The SMILES string of the molecule is CC(C)c1nc(N)nc(CCOCC(F)(F)F)n1. The largest absolute Gasteiger partial charge is 0.411 e. The second kappa shape index (κ2) is 5.94. The van der Waals surface area contributed by atoms with Crippen molar-refractivity contribution in [2.75, 3.05) is 18.9 Å². The fraction of sp³-hybridized carbons (Fsp3) is 0.700. The van der Waals surface area contributed by atoms with E-state index in [0.717, 1.165) is 0 Å². The topological polar surface area (TPSA) is 73.9 Å². The molecule has 1 rings (SSSR count). The van der Waals surface area contributed by atoms with Crippen molar-refractivity contribution in [2.45, 2.75) is 32.4 Å². The zero-order valence-electron chi connectivity index (χ0n) is 10.2. The highest BCUT2D eigenvalue weighted by atomic mass is 19.4. The maximum absolute atomic E-state index is 11.8. The van der Waals surface area contributed by atoms with Gasteiger partial charge in [-0.05, 0) is 0 Å². The first kappa shape index (κ1) is 14.6. The average molecular weight is 264 g/mol. The Morgan fingerprint density at radius 3 is 2.44 bits per heavy atom. The zero-order valence-corrected chi connectivity index (χ0v) is 10.2. The molecular formula is C10H15F3N4O. The molecule has 0 aliphatic rings. The molecule has 0 radical (unpaired) electrons. The molecule has 1 aromatic heterocycles. The summed E-state index contributed by atoms with van der Waals surface area (Å²) in [4.78, 5) is 11.9. The van der Waals surface area contributed by atoms with Crippen LogP contribution in [0.5, 0.6) is 0 Å². The number of hydrogen-bond acceptors (Lipinski definition) is 5. The standard InChI is InChI=1S/C10H15F3N4O/c1-6(2)8-15-7(16-9(14)17-8)3-4-18-5-10(11,12)13/h6H,3-5H2,1-2H3,(H2,14,15,16,17). The van der Waals surface area contributed by atoms with Gasteiger partial charge >= 0.3 is 6.18 Å². The van der Waals surface area contributed by atoms with Crippen molar-refractivity contribution in [3.8, 4) is 0 Å². The highest BCUT2D eigenvalue weighted by Crippen LogP contribution is 2.14.